The Hall–Kier alpha value is -0.910. The molecule has 0 heterocycles. The average molecular weight is 235 g/mol. The first kappa shape index (κ1) is 14.1. The Morgan fingerprint density at radius 3 is 2.33 bits per heavy atom. The molecule has 0 aromatic carbocycles. The number of carboxylic acids is 1. The topological polar surface area (TPSA) is 83.5 Å². The van der Waals surface area contributed by atoms with Gasteiger partial charge in [0.15, 0.2) is 0 Å². The van der Waals surface area contributed by atoms with Crippen LogP contribution in [0.25, 0.3) is 0 Å². The van der Waals surface area contributed by atoms with Crippen molar-refractivity contribution in [2.75, 3.05) is 12.8 Å². The van der Waals surface area contributed by atoms with E-state index in [0.29, 0.717) is 6.42 Å². The van der Waals surface area contributed by atoms with Crippen molar-refractivity contribution >= 4 is 22.7 Å². The Kier molecular flexibility index (Phi) is 5.49. The highest BCUT2D eigenvalue weighted by atomic mass is 32.2. The maximum atomic E-state index is 11.6. The van der Waals surface area contributed by atoms with Gasteiger partial charge in [-0.25, -0.2) is 0 Å². The van der Waals surface area contributed by atoms with Gasteiger partial charge in [-0.3, -0.25) is 13.8 Å². The number of carboxylic acid groups (broad SMARTS) is 1. The van der Waals surface area contributed by atoms with Crippen LogP contribution < -0.4 is 5.32 Å². The van der Waals surface area contributed by atoms with Crippen molar-refractivity contribution in [2.24, 2.45) is 0 Å². The zero-order chi connectivity index (χ0) is 12.1. The molecule has 0 rings (SSSR count). The summed E-state index contributed by atoms with van der Waals surface area (Å²) in [6, 6.07) is 0. The van der Waals surface area contributed by atoms with E-state index >= 15 is 0 Å². The summed E-state index contributed by atoms with van der Waals surface area (Å²) in [7, 11) is 0.0698. The van der Waals surface area contributed by atoms with E-state index in [4.69, 9.17) is 5.11 Å². The molecule has 0 saturated carbocycles. The van der Waals surface area contributed by atoms with Crippen LogP contribution in [0.3, 0.4) is 0 Å². The summed E-state index contributed by atoms with van der Waals surface area (Å²) in [4.78, 5) is 21.6. The second-order valence-electron chi connectivity index (χ2n) is 3.64. The van der Waals surface area contributed by atoms with Gasteiger partial charge >= 0.3 is 5.97 Å². The normalized spacial score (nSPS) is 13.3. The third-order valence-electron chi connectivity index (χ3n) is 2.10. The van der Waals surface area contributed by atoms with Crippen LogP contribution in [0.4, 0.5) is 0 Å². The van der Waals surface area contributed by atoms with Gasteiger partial charge in [0.2, 0.25) is 5.91 Å². The first-order valence-corrected chi connectivity index (χ1v) is 5.96. The molecule has 1 amide bonds. The summed E-state index contributed by atoms with van der Waals surface area (Å²) in [5.41, 5.74) is 0. The van der Waals surface area contributed by atoms with E-state index in [1.165, 1.54) is 20.9 Å². The molecule has 0 aromatic rings. The lowest BCUT2D eigenvalue weighted by atomic mass is 10.2. The van der Waals surface area contributed by atoms with Gasteiger partial charge in [-0.2, -0.15) is 0 Å². The maximum Gasteiger partial charge on any atom is 0.321 e. The van der Waals surface area contributed by atoms with Gasteiger partial charge in [0.05, 0.1) is 0 Å². The molecular weight excluding hydrogens is 218 g/mol. The largest absolute Gasteiger partial charge is 0.480 e. The van der Waals surface area contributed by atoms with Crippen LogP contribution >= 0.6 is 0 Å². The summed E-state index contributed by atoms with van der Waals surface area (Å²) in [6.45, 7) is 2.84. The van der Waals surface area contributed by atoms with Crippen molar-refractivity contribution in [2.45, 2.75) is 31.4 Å². The van der Waals surface area contributed by atoms with E-state index in [-0.39, 0.29) is 18.1 Å². The van der Waals surface area contributed by atoms with Crippen molar-refractivity contribution in [1.29, 1.82) is 0 Å². The minimum Gasteiger partial charge on any atom is -0.480 e. The van der Waals surface area contributed by atoms with Gasteiger partial charge in [-0.05, 0) is 20.3 Å². The monoisotopic (exact) mass is 235 g/mol. The minimum atomic E-state index is -1.46. The SMILES string of the molecule is CNC(=O)CCCS(=O)C(C)(C)C(=O)O. The second kappa shape index (κ2) is 5.85. The molecule has 1 unspecified atom stereocenters. The van der Waals surface area contributed by atoms with Crippen molar-refractivity contribution in [3.8, 4) is 0 Å². The van der Waals surface area contributed by atoms with Gasteiger partial charge < -0.3 is 10.4 Å². The molecule has 6 heteroatoms. The van der Waals surface area contributed by atoms with Crippen molar-refractivity contribution < 1.29 is 18.9 Å². The van der Waals surface area contributed by atoms with Crippen LogP contribution in [-0.2, 0) is 20.4 Å². The minimum absolute atomic E-state index is 0.125. The van der Waals surface area contributed by atoms with E-state index in [2.05, 4.69) is 5.32 Å². The molecule has 0 aliphatic rings. The third-order valence-corrected chi connectivity index (χ3v) is 4.07. The summed E-state index contributed by atoms with van der Waals surface area (Å²) < 4.78 is 10.3. The lowest BCUT2D eigenvalue weighted by molar-refractivity contribution is -0.139. The Morgan fingerprint density at radius 2 is 1.93 bits per heavy atom. The number of aliphatic carboxylic acids is 1. The van der Waals surface area contributed by atoms with Gasteiger partial charge in [-0.15, -0.1) is 0 Å². The molecule has 0 spiro atoms. The zero-order valence-electron chi connectivity index (χ0n) is 9.20. The van der Waals surface area contributed by atoms with Gasteiger partial charge in [0.1, 0.15) is 4.75 Å². The number of carbonyl (C=O) groups is 2. The molecule has 5 nitrogen and oxygen atoms in total. The third kappa shape index (κ3) is 4.42. The van der Waals surface area contributed by atoms with E-state index < -0.39 is 21.5 Å². The zero-order valence-corrected chi connectivity index (χ0v) is 10.0. The van der Waals surface area contributed by atoms with Crippen molar-refractivity contribution in [1.82, 2.24) is 5.32 Å². The Labute approximate surface area is 91.7 Å². The predicted molar refractivity (Wildman–Crippen MR) is 58.0 cm³/mol. The molecule has 0 fully saturated rings. The highest BCUT2D eigenvalue weighted by Gasteiger charge is 2.33. The molecule has 0 radical (unpaired) electrons. The number of carbonyl (C=O) groups excluding carboxylic acids is 1. The van der Waals surface area contributed by atoms with E-state index in [9.17, 15) is 13.8 Å². The molecule has 2 N–H and O–H groups in total. The van der Waals surface area contributed by atoms with Gasteiger partial charge in [0, 0.05) is 30.0 Å². The first-order valence-electron chi connectivity index (χ1n) is 4.64. The van der Waals surface area contributed by atoms with Crippen LogP contribution in [0, 0.1) is 0 Å². The van der Waals surface area contributed by atoms with E-state index in [1.54, 1.807) is 0 Å². The summed E-state index contributed by atoms with van der Waals surface area (Å²) >= 11 is 0. The van der Waals surface area contributed by atoms with Crippen molar-refractivity contribution in [3.63, 3.8) is 0 Å². The fraction of sp³-hybridized carbons (Fsp3) is 0.778. The molecule has 15 heavy (non-hydrogen) atoms. The Morgan fingerprint density at radius 1 is 1.40 bits per heavy atom. The standard InChI is InChI=1S/C9H17NO4S/c1-9(2,8(12)13)15(14)6-4-5-7(11)10-3/h4-6H2,1-3H3,(H,10,11)(H,12,13). The molecule has 1 atom stereocenters. The van der Waals surface area contributed by atoms with Crippen LogP contribution in [0.2, 0.25) is 0 Å². The number of nitrogens with one attached hydrogen (secondary N) is 1. The van der Waals surface area contributed by atoms with Crippen molar-refractivity contribution in [3.05, 3.63) is 0 Å². The number of hydrogen-bond donors (Lipinski definition) is 2. The van der Waals surface area contributed by atoms with Crippen LogP contribution in [0.15, 0.2) is 0 Å². The average Bonchev–Trinajstić information content (AvgIpc) is 2.16. The van der Waals surface area contributed by atoms with E-state index in [0.717, 1.165) is 0 Å². The highest BCUT2D eigenvalue weighted by molar-refractivity contribution is 7.87. The Bertz CT molecular complexity index is 275. The van der Waals surface area contributed by atoms with E-state index in [1.807, 2.05) is 0 Å². The van der Waals surface area contributed by atoms with Gasteiger partial charge in [-0.1, -0.05) is 0 Å². The Balaban J connectivity index is 4.05. The lowest BCUT2D eigenvalue weighted by Crippen LogP contribution is -2.37. The first-order chi connectivity index (χ1) is 6.82. The van der Waals surface area contributed by atoms with Crippen LogP contribution in [0.1, 0.15) is 26.7 Å². The highest BCUT2D eigenvalue weighted by Crippen LogP contribution is 2.14. The fourth-order valence-electron chi connectivity index (χ4n) is 0.841. The quantitative estimate of drug-likeness (QED) is 0.685. The van der Waals surface area contributed by atoms with Crippen LogP contribution in [0.5, 0.6) is 0 Å². The summed E-state index contributed by atoms with van der Waals surface area (Å²) in [6.07, 6.45) is 0.709. The smallest absolute Gasteiger partial charge is 0.321 e. The fourth-order valence-corrected chi connectivity index (χ4v) is 1.95. The second-order valence-corrected chi connectivity index (χ2v) is 5.76. The molecule has 0 aliphatic carbocycles. The molecule has 0 aliphatic heterocycles. The number of hydrogen-bond acceptors (Lipinski definition) is 3. The summed E-state index contributed by atoms with van der Waals surface area (Å²) in [5.74, 6) is -0.979. The molecule has 88 valence electrons. The maximum absolute atomic E-state index is 11.6. The number of amides is 1. The molecular formula is C9H17NO4S. The molecule has 0 bridgehead atoms. The summed E-state index contributed by atoms with van der Waals surface area (Å²) in [5, 5.41) is 11.2. The molecule has 0 saturated heterocycles. The predicted octanol–water partition coefficient (Wildman–Crippen LogP) is 0.124. The number of rotatable bonds is 6. The molecule has 0 aromatic heterocycles. The van der Waals surface area contributed by atoms with Gasteiger partial charge in [0.25, 0.3) is 0 Å². The lowest BCUT2D eigenvalue weighted by Gasteiger charge is -2.17. The van der Waals surface area contributed by atoms with Crippen LogP contribution in [-0.4, -0.2) is 38.7 Å².